The molecule has 0 heterocycles. The van der Waals surface area contributed by atoms with E-state index in [2.05, 4.69) is 44.3 Å². The number of hydrogen-bond acceptors (Lipinski definition) is 2. The molecular formula is C16H26N2O. The van der Waals surface area contributed by atoms with Gasteiger partial charge in [-0.2, -0.15) is 0 Å². The monoisotopic (exact) mass is 262 g/mol. The van der Waals surface area contributed by atoms with Gasteiger partial charge in [0.15, 0.2) is 0 Å². The third-order valence-electron chi connectivity index (χ3n) is 3.32. The Morgan fingerprint density at radius 2 is 2.05 bits per heavy atom. The van der Waals surface area contributed by atoms with Crippen LogP contribution in [0.5, 0.6) is 0 Å². The summed E-state index contributed by atoms with van der Waals surface area (Å²) in [7, 11) is 1.88. The first kappa shape index (κ1) is 15.5. The lowest BCUT2D eigenvalue weighted by atomic mass is 10.1. The van der Waals surface area contributed by atoms with Gasteiger partial charge in [0.2, 0.25) is 5.91 Å². The van der Waals surface area contributed by atoms with Gasteiger partial charge in [-0.3, -0.25) is 4.79 Å². The van der Waals surface area contributed by atoms with Crippen LogP contribution in [-0.4, -0.2) is 30.9 Å². The molecule has 0 aliphatic carbocycles. The minimum Gasteiger partial charge on any atom is -0.384 e. The third kappa shape index (κ3) is 5.33. The maximum Gasteiger partial charge on any atom is 0.224 e. The first-order valence-electron chi connectivity index (χ1n) is 7.09. The van der Waals surface area contributed by atoms with Crippen LogP contribution in [0.25, 0.3) is 0 Å². The van der Waals surface area contributed by atoms with Crippen LogP contribution >= 0.6 is 0 Å². The smallest absolute Gasteiger partial charge is 0.224 e. The minimum atomic E-state index is 0.214. The van der Waals surface area contributed by atoms with Crippen LogP contribution in [-0.2, 0) is 4.79 Å². The van der Waals surface area contributed by atoms with Crippen LogP contribution in [0, 0.1) is 13.8 Å². The zero-order chi connectivity index (χ0) is 14.3. The van der Waals surface area contributed by atoms with Crippen molar-refractivity contribution in [1.29, 1.82) is 0 Å². The zero-order valence-electron chi connectivity index (χ0n) is 12.6. The van der Waals surface area contributed by atoms with Gasteiger partial charge in [-0.1, -0.05) is 25.5 Å². The number of anilines is 1. The van der Waals surface area contributed by atoms with Crippen molar-refractivity contribution in [1.82, 2.24) is 4.90 Å². The molecule has 0 spiro atoms. The summed E-state index contributed by atoms with van der Waals surface area (Å²) in [6, 6.07) is 6.33. The van der Waals surface area contributed by atoms with E-state index in [1.165, 1.54) is 11.1 Å². The van der Waals surface area contributed by atoms with Crippen molar-refractivity contribution in [3.8, 4) is 0 Å². The van der Waals surface area contributed by atoms with E-state index in [0.29, 0.717) is 13.0 Å². The number of hydrogen-bond donors (Lipinski definition) is 1. The van der Waals surface area contributed by atoms with E-state index in [0.717, 1.165) is 25.1 Å². The number of nitrogens with zero attached hydrogens (tertiary/aromatic N) is 1. The highest BCUT2D eigenvalue weighted by Crippen LogP contribution is 2.16. The zero-order valence-corrected chi connectivity index (χ0v) is 12.6. The lowest BCUT2D eigenvalue weighted by molar-refractivity contribution is -0.129. The van der Waals surface area contributed by atoms with Crippen LogP contribution in [0.2, 0.25) is 0 Å². The molecule has 0 saturated carbocycles. The highest BCUT2D eigenvalue weighted by atomic mass is 16.2. The van der Waals surface area contributed by atoms with E-state index in [-0.39, 0.29) is 5.91 Å². The van der Waals surface area contributed by atoms with Crippen molar-refractivity contribution in [2.24, 2.45) is 0 Å². The molecular weight excluding hydrogens is 236 g/mol. The minimum absolute atomic E-state index is 0.214. The Kier molecular flexibility index (Phi) is 6.40. The number of aryl methyl sites for hydroxylation is 2. The Balaban J connectivity index is 2.37. The lowest BCUT2D eigenvalue weighted by Crippen LogP contribution is -2.29. The summed E-state index contributed by atoms with van der Waals surface area (Å²) < 4.78 is 0. The van der Waals surface area contributed by atoms with Gasteiger partial charge >= 0.3 is 0 Å². The number of carbonyl (C=O) groups is 1. The Morgan fingerprint density at radius 3 is 2.74 bits per heavy atom. The van der Waals surface area contributed by atoms with Crippen LogP contribution < -0.4 is 5.32 Å². The van der Waals surface area contributed by atoms with Gasteiger partial charge in [0.1, 0.15) is 0 Å². The largest absolute Gasteiger partial charge is 0.384 e. The molecule has 1 N–H and O–H groups in total. The second kappa shape index (κ2) is 7.82. The van der Waals surface area contributed by atoms with Crippen molar-refractivity contribution in [3.63, 3.8) is 0 Å². The highest BCUT2D eigenvalue weighted by Gasteiger charge is 2.07. The van der Waals surface area contributed by atoms with Crippen LogP contribution in [0.4, 0.5) is 5.69 Å². The van der Waals surface area contributed by atoms with E-state index in [4.69, 9.17) is 0 Å². The number of carbonyl (C=O) groups excluding carboxylic acids is 1. The fraction of sp³-hybridized carbons (Fsp3) is 0.562. The lowest BCUT2D eigenvalue weighted by Gasteiger charge is -2.17. The summed E-state index contributed by atoms with van der Waals surface area (Å²) in [5.41, 5.74) is 3.58. The number of unbranched alkanes of at least 4 members (excludes halogenated alkanes) is 1. The van der Waals surface area contributed by atoms with E-state index < -0.39 is 0 Å². The fourth-order valence-corrected chi connectivity index (χ4v) is 1.94. The third-order valence-corrected chi connectivity index (χ3v) is 3.32. The molecule has 106 valence electrons. The Hall–Kier alpha value is -1.51. The van der Waals surface area contributed by atoms with Crippen molar-refractivity contribution in [2.45, 2.75) is 40.0 Å². The molecule has 1 rings (SSSR count). The van der Waals surface area contributed by atoms with Gasteiger partial charge in [-0.05, 0) is 37.5 Å². The molecule has 0 bridgehead atoms. The summed E-state index contributed by atoms with van der Waals surface area (Å²) in [6.45, 7) is 7.85. The van der Waals surface area contributed by atoms with Gasteiger partial charge in [-0.25, -0.2) is 0 Å². The van der Waals surface area contributed by atoms with E-state index >= 15 is 0 Å². The summed E-state index contributed by atoms with van der Waals surface area (Å²) in [5, 5.41) is 3.35. The summed E-state index contributed by atoms with van der Waals surface area (Å²) in [5.74, 6) is 0.214. The summed E-state index contributed by atoms with van der Waals surface area (Å²) >= 11 is 0. The average Bonchev–Trinajstić information content (AvgIpc) is 2.39. The molecule has 1 aromatic carbocycles. The molecule has 0 aliphatic heterocycles. The molecule has 3 nitrogen and oxygen atoms in total. The number of amides is 1. The van der Waals surface area contributed by atoms with Gasteiger partial charge in [0, 0.05) is 32.2 Å². The average molecular weight is 262 g/mol. The van der Waals surface area contributed by atoms with Crippen molar-refractivity contribution >= 4 is 11.6 Å². The molecule has 0 saturated heterocycles. The Bertz CT molecular complexity index is 415. The molecule has 0 radical (unpaired) electrons. The van der Waals surface area contributed by atoms with Crippen molar-refractivity contribution < 1.29 is 4.79 Å². The number of nitrogens with one attached hydrogen (secondary N) is 1. The summed E-state index contributed by atoms with van der Waals surface area (Å²) in [6.07, 6.45) is 2.75. The van der Waals surface area contributed by atoms with E-state index in [1.54, 1.807) is 0 Å². The SMILES string of the molecule is CCCCN(C)C(=O)CCNc1cc(C)ccc1C. The molecule has 3 heteroatoms. The molecule has 0 aromatic heterocycles. The number of benzene rings is 1. The standard InChI is InChI=1S/C16H26N2O/c1-5-6-11-18(4)16(19)9-10-17-15-12-13(2)7-8-14(15)3/h7-8,12,17H,5-6,9-11H2,1-4H3. The molecule has 0 atom stereocenters. The molecule has 1 aromatic rings. The predicted molar refractivity (Wildman–Crippen MR) is 81.6 cm³/mol. The van der Waals surface area contributed by atoms with Crippen LogP contribution in [0.15, 0.2) is 18.2 Å². The normalized spacial score (nSPS) is 10.3. The Labute approximate surface area is 117 Å². The second-order valence-electron chi connectivity index (χ2n) is 5.16. The van der Waals surface area contributed by atoms with E-state index in [9.17, 15) is 4.79 Å². The Morgan fingerprint density at radius 1 is 1.32 bits per heavy atom. The molecule has 1 amide bonds. The van der Waals surface area contributed by atoms with Gasteiger partial charge < -0.3 is 10.2 Å². The topological polar surface area (TPSA) is 32.3 Å². The fourth-order valence-electron chi connectivity index (χ4n) is 1.94. The molecule has 0 aliphatic rings. The van der Waals surface area contributed by atoms with Crippen molar-refractivity contribution in [3.05, 3.63) is 29.3 Å². The van der Waals surface area contributed by atoms with Crippen LogP contribution in [0.1, 0.15) is 37.3 Å². The van der Waals surface area contributed by atoms with Crippen LogP contribution in [0.3, 0.4) is 0 Å². The first-order valence-corrected chi connectivity index (χ1v) is 7.09. The number of rotatable bonds is 7. The van der Waals surface area contributed by atoms with Gasteiger partial charge in [-0.15, -0.1) is 0 Å². The molecule has 19 heavy (non-hydrogen) atoms. The predicted octanol–water partition coefficient (Wildman–Crippen LogP) is 3.36. The summed E-state index contributed by atoms with van der Waals surface area (Å²) in [4.78, 5) is 13.7. The first-order chi connectivity index (χ1) is 9.04. The molecule has 0 fully saturated rings. The van der Waals surface area contributed by atoms with Gasteiger partial charge in [0.05, 0.1) is 0 Å². The maximum atomic E-state index is 11.9. The molecule has 0 unspecified atom stereocenters. The maximum absolute atomic E-state index is 11.9. The highest BCUT2D eigenvalue weighted by molar-refractivity contribution is 5.76. The van der Waals surface area contributed by atoms with Gasteiger partial charge in [0.25, 0.3) is 0 Å². The second-order valence-corrected chi connectivity index (χ2v) is 5.16. The quantitative estimate of drug-likeness (QED) is 0.817. The van der Waals surface area contributed by atoms with Crippen molar-refractivity contribution in [2.75, 3.05) is 25.5 Å². The van der Waals surface area contributed by atoms with E-state index in [1.807, 2.05) is 11.9 Å².